The minimum atomic E-state index is -0.473. The summed E-state index contributed by atoms with van der Waals surface area (Å²) in [7, 11) is 0. The predicted molar refractivity (Wildman–Crippen MR) is 135 cm³/mol. The van der Waals surface area contributed by atoms with Crippen LogP contribution in [-0.2, 0) is 28.5 Å². The molecule has 36 heavy (non-hydrogen) atoms. The standard InChI is InChI=1S/C30H48O6/c1-20(2)22(16-26(3,4)5)25(31)36-29-15-21-14-28(35-24-11-7-9-13-33-24)17-27(18-29,19-30(21,28)29)34-23-10-6-8-12-32-23/h20-24H,6-19H2,1-5H3. The Kier molecular flexibility index (Phi) is 6.15. The molecule has 2 bridgehead atoms. The smallest absolute Gasteiger partial charge is 0.309 e. The highest BCUT2D eigenvalue weighted by Crippen LogP contribution is 2.87. The molecule has 0 aromatic heterocycles. The van der Waals surface area contributed by atoms with E-state index in [1.54, 1.807) is 0 Å². The van der Waals surface area contributed by atoms with Crippen molar-refractivity contribution in [2.24, 2.45) is 28.6 Å². The SMILES string of the molecule is CC(C)C(CC(C)(C)C)C(=O)OC12CC3CC4(OC5CCCCO5)CC(OC5CCCCO5)(C1)CC324. The van der Waals surface area contributed by atoms with Crippen molar-refractivity contribution in [2.45, 2.75) is 141 Å². The number of esters is 1. The van der Waals surface area contributed by atoms with E-state index in [2.05, 4.69) is 34.6 Å². The van der Waals surface area contributed by atoms with Crippen molar-refractivity contribution in [1.82, 2.24) is 0 Å². The summed E-state index contributed by atoms with van der Waals surface area (Å²) in [6.45, 7) is 12.5. The Morgan fingerprint density at radius 3 is 2.06 bits per heavy atom. The molecule has 4 aliphatic carbocycles. The predicted octanol–water partition coefficient (Wildman–Crippen LogP) is 6.15. The average molecular weight is 505 g/mol. The van der Waals surface area contributed by atoms with E-state index in [1.165, 1.54) is 0 Å². The summed E-state index contributed by atoms with van der Waals surface area (Å²) < 4.78 is 32.7. The number of rotatable bonds is 8. The minimum absolute atomic E-state index is 0.0147. The molecule has 6 aliphatic rings. The molecule has 0 aromatic rings. The zero-order valence-corrected chi connectivity index (χ0v) is 23.2. The molecule has 4 saturated carbocycles. The van der Waals surface area contributed by atoms with Gasteiger partial charge in [-0.1, -0.05) is 34.6 Å². The number of fused-ring (bicyclic) bond motifs is 1. The summed E-state index contributed by atoms with van der Waals surface area (Å²) in [5.41, 5.74) is -1.17. The fourth-order valence-corrected chi connectivity index (χ4v) is 9.29. The van der Waals surface area contributed by atoms with Crippen molar-refractivity contribution in [3.8, 4) is 0 Å². The molecule has 1 spiro atoms. The molecule has 8 unspecified atom stereocenters. The van der Waals surface area contributed by atoms with Crippen molar-refractivity contribution in [2.75, 3.05) is 13.2 Å². The van der Waals surface area contributed by atoms with E-state index >= 15 is 0 Å². The minimum Gasteiger partial charge on any atom is -0.458 e. The largest absolute Gasteiger partial charge is 0.458 e. The summed E-state index contributed by atoms with van der Waals surface area (Å²) in [6, 6.07) is 0. The van der Waals surface area contributed by atoms with Gasteiger partial charge in [-0.25, -0.2) is 0 Å². The van der Waals surface area contributed by atoms with Gasteiger partial charge in [-0.2, -0.15) is 0 Å². The summed E-state index contributed by atoms with van der Waals surface area (Å²) in [4.78, 5) is 13.8. The van der Waals surface area contributed by atoms with Crippen LogP contribution in [0.15, 0.2) is 0 Å². The Hall–Kier alpha value is -0.690. The van der Waals surface area contributed by atoms with Crippen LogP contribution in [-0.4, -0.2) is 48.6 Å². The van der Waals surface area contributed by atoms with Gasteiger partial charge in [0.05, 0.1) is 17.1 Å². The molecule has 0 amide bonds. The fraction of sp³-hybridized carbons (Fsp3) is 0.967. The Morgan fingerprint density at radius 2 is 1.50 bits per heavy atom. The second-order valence-corrected chi connectivity index (χ2v) is 14.6. The third kappa shape index (κ3) is 3.83. The van der Waals surface area contributed by atoms with Crippen LogP contribution in [0.1, 0.15) is 112 Å². The Bertz CT molecular complexity index is 854. The summed E-state index contributed by atoms with van der Waals surface area (Å²) in [6.07, 6.45) is 11.6. The van der Waals surface area contributed by atoms with Crippen LogP contribution < -0.4 is 0 Å². The first-order valence-electron chi connectivity index (χ1n) is 14.8. The lowest BCUT2D eigenvalue weighted by atomic mass is 9.34. The Labute approximate surface area is 217 Å². The number of carbonyl (C=O) groups excluding carboxylic acids is 1. The number of hydrogen-bond acceptors (Lipinski definition) is 6. The highest BCUT2D eigenvalue weighted by molar-refractivity contribution is 5.74. The lowest BCUT2D eigenvalue weighted by Gasteiger charge is -2.76. The van der Waals surface area contributed by atoms with E-state index in [-0.39, 0.29) is 52.4 Å². The monoisotopic (exact) mass is 504 g/mol. The van der Waals surface area contributed by atoms with Gasteiger partial charge in [0.2, 0.25) is 0 Å². The number of ether oxygens (including phenoxy) is 5. The lowest BCUT2D eigenvalue weighted by Crippen LogP contribution is -2.81. The quantitative estimate of drug-likeness (QED) is 0.370. The van der Waals surface area contributed by atoms with E-state index in [9.17, 15) is 4.79 Å². The first-order valence-corrected chi connectivity index (χ1v) is 14.8. The Morgan fingerprint density at radius 1 is 0.889 bits per heavy atom. The molecular weight excluding hydrogens is 456 g/mol. The molecule has 204 valence electrons. The van der Waals surface area contributed by atoms with Gasteiger partial charge in [0.15, 0.2) is 12.6 Å². The molecule has 2 saturated heterocycles. The zero-order valence-electron chi connectivity index (χ0n) is 23.2. The van der Waals surface area contributed by atoms with E-state index in [0.717, 1.165) is 90.3 Å². The molecule has 0 N–H and O–H groups in total. The number of hydrogen-bond donors (Lipinski definition) is 0. The second kappa shape index (κ2) is 8.66. The van der Waals surface area contributed by atoms with Crippen molar-refractivity contribution in [3.05, 3.63) is 0 Å². The molecule has 6 heteroatoms. The van der Waals surface area contributed by atoms with E-state index in [4.69, 9.17) is 23.7 Å². The molecule has 6 rings (SSSR count). The molecule has 2 heterocycles. The van der Waals surface area contributed by atoms with E-state index in [1.807, 2.05) is 0 Å². The van der Waals surface area contributed by atoms with Gasteiger partial charge >= 0.3 is 5.97 Å². The maximum absolute atomic E-state index is 13.8. The second-order valence-electron chi connectivity index (χ2n) is 14.6. The normalized spacial score (nSPS) is 46.1. The van der Waals surface area contributed by atoms with Gasteiger partial charge in [-0.05, 0) is 81.5 Å². The zero-order chi connectivity index (χ0) is 25.4. The Balaban J connectivity index is 1.28. The molecule has 2 aliphatic heterocycles. The van der Waals surface area contributed by atoms with Crippen molar-refractivity contribution in [1.29, 1.82) is 0 Å². The summed E-state index contributed by atoms with van der Waals surface area (Å²) in [5.74, 6) is 0.692. The van der Waals surface area contributed by atoms with E-state index < -0.39 is 5.60 Å². The van der Waals surface area contributed by atoms with Crippen molar-refractivity contribution in [3.63, 3.8) is 0 Å². The average Bonchev–Trinajstić information content (AvgIpc) is 3.19. The third-order valence-electron chi connectivity index (χ3n) is 10.5. The molecule has 0 aromatic carbocycles. The molecule has 6 fully saturated rings. The maximum Gasteiger partial charge on any atom is 0.309 e. The van der Waals surface area contributed by atoms with Gasteiger partial charge in [-0.3, -0.25) is 4.79 Å². The molecule has 8 atom stereocenters. The van der Waals surface area contributed by atoms with Crippen LogP contribution in [0.3, 0.4) is 0 Å². The third-order valence-corrected chi connectivity index (χ3v) is 10.5. The lowest BCUT2D eigenvalue weighted by molar-refractivity contribution is -0.399. The summed E-state index contributed by atoms with van der Waals surface area (Å²) >= 11 is 0. The van der Waals surface area contributed by atoms with Gasteiger partial charge in [-0.15, -0.1) is 0 Å². The van der Waals surface area contributed by atoms with Gasteiger partial charge in [0.1, 0.15) is 5.60 Å². The van der Waals surface area contributed by atoms with Crippen molar-refractivity contribution >= 4 is 5.97 Å². The first-order chi connectivity index (χ1) is 17.0. The van der Waals surface area contributed by atoms with Crippen LogP contribution in [0.2, 0.25) is 0 Å². The number of carbonyl (C=O) groups is 1. The maximum atomic E-state index is 13.8. The topological polar surface area (TPSA) is 63.2 Å². The fourth-order valence-electron chi connectivity index (χ4n) is 9.29. The summed E-state index contributed by atoms with van der Waals surface area (Å²) in [5, 5.41) is 0. The van der Waals surface area contributed by atoms with Crippen LogP contribution >= 0.6 is 0 Å². The first kappa shape index (κ1) is 25.6. The van der Waals surface area contributed by atoms with Crippen LogP contribution in [0.4, 0.5) is 0 Å². The van der Waals surface area contributed by atoms with Gasteiger partial charge < -0.3 is 23.7 Å². The molecular formula is C30H48O6. The van der Waals surface area contributed by atoms with E-state index in [0.29, 0.717) is 5.92 Å². The van der Waals surface area contributed by atoms with Crippen LogP contribution in [0.25, 0.3) is 0 Å². The highest BCUT2D eigenvalue weighted by Gasteiger charge is 2.93. The van der Waals surface area contributed by atoms with Crippen LogP contribution in [0.5, 0.6) is 0 Å². The van der Waals surface area contributed by atoms with Gasteiger partial charge in [0, 0.05) is 31.5 Å². The van der Waals surface area contributed by atoms with Crippen LogP contribution in [0, 0.1) is 28.6 Å². The van der Waals surface area contributed by atoms with Crippen molar-refractivity contribution < 1.29 is 28.5 Å². The van der Waals surface area contributed by atoms with Gasteiger partial charge in [0.25, 0.3) is 0 Å². The molecule has 0 radical (unpaired) electrons. The highest BCUT2D eigenvalue weighted by atomic mass is 16.7. The molecule has 6 nitrogen and oxygen atoms in total.